The molecule has 0 aliphatic carbocycles. The van der Waals surface area contributed by atoms with Gasteiger partial charge in [0.1, 0.15) is 31.0 Å². The van der Waals surface area contributed by atoms with Crippen molar-refractivity contribution in [1.82, 2.24) is 0 Å². The number of hydrogen-bond donors (Lipinski definition) is 1. The molecule has 12 nitrogen and oxygen atoms in total. The number of benzene rings is 1. The lowest BCUT2D eigenvalue weighted by Gasteiger charge is -2.53. The standard InChI is InChI=1S/C29H40O12/c1-17(31)35-16-22(37-18(2)32)14-23-24(36-15-20-8-6-5-7-9-20)26-25(40-23)27(38-19(3)33)28-29(34-4,41-26)12-10-21(39-28)11-13-30/h5-9,21-28,30H,10-16H2,1-4H3/t21?,22-,23?,24+,25-,26+,27+,28-,29?/m1/s1. The number of carbonyl (C=O) groups is 3. The fourth-order valence-electron chi connectivity index (χ4n) is 5.85. The van der Waals surface area contributed by atoms with Crippen LogP contribution in [0.3, 0.4) is 0 Å². The van der Waals surface area contributed by atoms with Crippen LogP contribution in [0.4, 0.5) is 0 Å². The summed E-state index contributed by atoms with van der Waals surface area (Å²) in [5.41, 5.74) is 0.922. The molecule has 0 amide bonds. The first-order valence-corrected chi connectivity index (χ1v) is 13.9. The number of aliphatic hydroxyl groups excluding tert-OH is 1. The van der Waals surface area contributed by atoms with Gasteiger partial charge in [-0.25, -0.2) is 0 Å². The number of carbonyl (C=O) groups excluding carboxylic acids is 3. The summed E-state index contributed by atoms with van der Waals surface area (Å²) in [6.07, 6.45) is -4.28. The van der Waals surface area contributed by atoms with Crippen LogP contribution in [0.25, 0.3) is 0 Å². The van der Waals surface area contributed by atoms with Crippen molar-refractivity contribution in [2.24, 2.45) is 0 Å². The third-order valence-corrected chi connectivity index (χ3v) is 7.58. The lowest BCUT2D eigenvalue weighted by molar-refractivity contribution is -0.383. The molecule has 0 bridgehead atoms. The second-order valence-corrected chi connectivity index (χ2v) is 10.6. The summed E-state index contributed by atoms with van der Waals surface area (Å²) >= 11 is 0. The summed E-state index contributed by atoms with van der Waals surface area (Å²) in [5.74, 6) is -2.85. The van der Waals surface area contributed by atoms with E-state index in [-0.39, 0.29) is 32.3 Å². The second kappa shape index (κ2) is 14.0. The Hall–Kier alpha value is -2.61. The average molecular weight is 581 g/mol. The molecule has 3 heterocycles. The molecular formula is C29H40O12. The highest BCUT2D eigenvalue weighted by molar-refractivity contribution is 5.67. The molecule has 41 heavy (non-hydrogen) atoms. The Kier molecular flexibility index (Phi) is 10.7. The minimum Gasteiger partial charge on any atom is -0.462 e. The molecule has 3 saturated heterocycles. The molecular weight excluding hydrogens is 540 g/mol. The summed E-state index contributed by atoms with van der Waals surface area (Å²) in [6.45, 7) is 3.85. The Balaban J connectivity index is 1.66. The van der Waals surface area contributed by atoms with Crippen LogP contribution in [-0.2, 0) is 58.9 Å². The number of fused-ring (bicyclic) bond motifs is 2. The van der Waals surface area contributed by atoms with Crippen molar-refractivity contribution >= 4 is 17.9 Å². The summed E-state index contributed by atoms with van der Waals surface area (Å²) in [4.78, 5) is 35.7. The van der Waals surface area contributed by atoms with E-state index in [1.54, 1.807) is 0 Å². The van der Waals surface area contributed by atoms with Crippen molar-refractivity contribution < 1.29 is 57.4 Å². The molecule has 0 spiro atoms. The highest BCUT2D eigenvalue weighted by Crippen LogP contribution is 2.48. The molecule has 1 aromatic carbocycles. The molecule has 1 aromatic rings. The van der Waals surface area contributed by atoms with E-state index in [0.29, 0.717) is 19.3 Å². The van der Waals surface area contributed by atoms with Crippen LogP contribution in [-0.4, -0.2) is 98.0 Å². The molecule has 228 valence electrons. The van der Waals surface area contributed by atoms with Crippen LogP contribution in [0, 0.1) is 0 Å². The predicted molar refractivity (Wildman–Crippen MR) is 140 cm³/mol. The van der Waals surface area contributed by atoms with Gasteiger partial charge in [0.2, 0.25) is 0 Å². The molecule has 3 aliphatic heterocycles. The SMILES string of the molecule is COC12CCC(CCO)O[C@@H]1[C@@H](OC(C)=O)[C@@H]1OC(C[C@H](COC(C)=O)OC(C)=O)[C@H](OCc3ccccc3)[C@@H]1O2. The second-order valence-electron chi connectivity index (χ2n) is 10.6. The lowest BCUT2D eigenvalue weighted by atomic mass is 9.84. The Morgan fingerprint density at radius 3 is 2.41 bits per heavy atom. The maximum atomic E-state index is 12.3. The minimum atomic E-state index is -1.26. The number of ether oxygens (including phenoxy) is 8. The molecule has 0 saturated carbocycles. The van der Waals surface area contributed by atoms with Gasteiger partial charge in [-0.1, -0.05) is 30.3 Å². The molecule has 9 atom stereocenters. The predicted octanol–water partition coefficient (Wildman–Crippen LogP) is 1.83. The molecule has 12 heteroatoms. The number of aliphatic hydroxyl groups is 1. The zero-order valence-electron chi connectivity index (χ0n) is 23.9. The van der Waals surface area contributed by atoms with E-state index in [1.807, 2.05) is 30.3 Å². The van der Waals surface area contributed by atoms with E-state index in [2.05, 4.69) is 0 Å². The van der Waals surface area contributed by atoms with Crippen molar-refractivity contribution in [3.63, 3.8) is 0 Å². The molecule has 3 fully saturated rings. The fourth-order valence-corrected chi connectivity index (χ4v) is 5.85. The normalized spacial score (nSPS) is 33.2. The first-order valence-electron chi connectivity index (χ1n) is 13.9. The van der Waals surface area contributed by atoms with E-state index >= 15 is 0 Å². The zero-order chi connectivity index (χ0) is 29.6. The maximum Gasteiger partial charge on any atom is 0.303 e. The van der Waals surface area contributed by atoms with E-state index in [1.165, 1.54) is 27.9 Å². The third kappa shape index (κ3) is 7.62. The first kappa shape index (κ1) is 31.3. The molecule has 3 aliphatic rings. The molecule has 0 aromatic heterocycles. The van der Waals surface area contributed by atoms with Crippen LogP contribution >= 0.6 is 0 Å². The lowest BCUT2D eigenvalue weighted by Crippen LogP contribution is -2.69. The van der Waals surface area contributed by atoms with E-state index in [0.717, 1.165) is 5.56 Å². The number of hydrogen-bond acceptors (Lipinski definition) is 12. The monoisotopic (exact) mass is 580 g/mol. The summed E-state index contributed by atoms with van der Waals surface area (Å²) in [5, 5.41) is 9.51. The van der Waals surface area contributed by atoms with Crippen LogP contribution in [0.5, 0.6) is 0 Å². The van der Waals surface area contributed by atoms with Crippen LogP contribution in [0.2, 0.25) is 0 Å². The average Bonchev–Trinajstić information content (AvgIpc) is 3.27. The van der Waals surface area contributed by atoms with Crippen molar-refractivity contribution in [3.8, 4) is 0 Å². The highest BCUT2D eigenvalue weighted by atomic mass is 16.8. The van der Waals surface area contributed by atoms with Crippen molar-refractivity contribution in [2.45, 2.75) is 108 Å². The molecule has 4 rings (SSSR count). The fraction of sp³-hybridized carbons (Fsp3) is 0.690. The smallest absolute Gasteiger partial charge is 0.303 e. The van der Waals surface area contributed by atoms with Gasteiger partial charge in [0, 0.05) is 47.3 Å². The van der Waals surface area contributed by atoms with Gasteiger partial charge in [-0.05, 0) is 18.4 Å². The van der Waals surface area contributed by atoms with Gasteiger partial charge in [0.05, 0.1) is 18.8 Å². The topological polar surface area (TPSA) is 145 Å². The van der Waals surface area contributed by atoms with Gasteiger partial charge >= 0.3 is 17.9 Å². The Morgan fingerprint density at radius 1 is 1.02 bits per heavy atom. The van der Waals surface area contributed by atoms with Gasteiger partial charge in [0.15, 0.2) is 18.0 Å². The van der Waals surface area contributed by atoms with Gasteiger partial charge < -0.3 is 43.0 Å². The number of rotatable bonds is 12. The summed E-state index contributed by atoms with van der Waals surface area (Å²) < 4.78 is 48.2. The van der Waals surface area contributed by atoms with E-state index < -0.39 is 66.4 Å². The largest absolute Gasteiger partial charge is 0.462 e. The van der Waals surface area contributed by atoms with Crippen molar-refractivity contribution in [1.29, 1.82) is 0 Å². The van der Waals surface area contributed by atoms with Gasteiger partial charge in [-0.2, -0.15) is 0 Å². The first-order chi connectivity index (χ1) is 19.7. The Bertz CT molecular complexity index is 1030. The molecule has 3 unspecified atom stereocenters. The quantitative estimate of drug-likeness (QED) is 0.284. The van der Waals surface area contributed by atoms with Gasteiger partial charge in [-0.3, -0.25) is 14.4 Å². The molecule has 1 N–H and O–H groups in total. The summed E-state index contributed by atoms with van der Waals surface area (Å²) in [7, 11) is 1.51. The van der Waals surface area contributed by atoms with E-state index in [9.17, 15) is 19.5 Å². The summed E-state index contributed by atoms with van der Waals surface area (Å²) in [6, 6.07) is 9.57. The van der Waals surface area contributed by atoms with Crippen molar-refractivity contribution in [3.05, 3.63) is 35.9 Å². The van der Waals surface area contributed by atoms with Crippen molar-refractivity contribution in [2.75, 3.05) is 20.3 Å². The Labute approximate surface area is 239 Å². The maximum absolute atomic E-state index is 12.3. The van der Waals surface area contributed by atoms with Gasteiger partial charge in [0.25, 0.3) is 0 Å². The van der Waals surface area contributed by atoms with E-state index in [4.69, 9.17) is 37.9 Å². The third-order valence-electron chi connectivity index (χ3n) is 7.58. The van der Waals surface area contributed by atoms with Crippen LogP contribution < -0.4 is 0 Å². The molecule has 0 radical (unpaired) electrons. The Morgan fingerprint density at radius 2 is 1.78 bits per heavy atom. The van der Waals surface area contributed by atoms with Gasteiger partial charge in [-0.15, -0.1) is 0 Å². The highest BCUT2D eigenvalue weighted by Gasteiger charge is 2.65. The number of methoxy groups -OCH3 is 1. The van der Waals surface area contributed by atoms with Crippen LogP contribution in [0.1, 0.15) is 52.0 Å². The minimum absolute atomic E-state index is 0.0592. The zero-order valence-corrected chi connectivity index (χ0v) is 23.9. The number of esters is 3. The van der Waals surface area contributed by atoms with Crippen LogP contribution in [0.15, 0.2) is 30.3 Å².